The third-order valence-electron chi connectivity index (χ3n) is 8.08. The Kier molecular flexibility index (Phi) is 10.9. The van der Waals surface area contributed by atoms with Crippen molar-refractivity contribution in [2.75, 3.05) is 11.1 Å². The van der Waals surface area contributed by atoms with Crippen molar-refractivity contribution in [3.8, 4) is 11.5 Å². The van der Waals surface area contributed by atoms with Gasteiger partial charge in [0, 0.05) is 34.4 Å². The molecule has 5 aromatic rings. The summed E-state index contributed by atoms with van der Waals surface area (Å²) in [6.45, 7) is 2.54. The highest BCUT2D eigenvalue weighted by Crippen LogP contribution is 2.43. The number of anilines is 1. The molecule has 1 fully saturated rings. The number of amides is 2. The van der Waals surface area contributed by atoms with Crippen LogP contribution in [0.4, 0.5) is 10.5 Å². The Morgan fingerprint density at radius 2 is 1.36 bits per heavy atom. The van der Waals surface area contributed by atoms with E-state index < -0.39 is 6.29 Å². The fourth-order valence-corrected chi connectivity index (χ4v) is 6.47. The van der Waals surface area contributed by atoms with E-state index in [1.54, 1.807) is 23.9 Å². The van der Waals surface area contributed by atoms with Gasteiger partial charge in [0.05, 0.1) is 18.8 Å². The van der Waals surface area contributed by atoms with Gasteiger partial charge in [-0.25, -0.2) is 4.79 Å². The molecule has 3 N–H and O–H groups in total. The zero-order valence-corrected chi connectivity index (χ0v) is 26.9. The second-order valence-electron chi connectivity index (χ2n) is 11.4. The summed E-state index contributed by atoms with van der Waals surface area (Å²) in [7, 11) is 0. The van der Waals surface area contributed by atoms with Gasteiger partial charge in [-0.15, -0.1) is 11.8 Å². The molecule has 2 amide bonds. The van der Waals surface area contributed by atoms with E-state index in [9.17, 15) is 9.90 Å². The lowest BCUT2D eigenvalue weighted by Crippen LogP contribution is -2.38. The molecule has 5 aromatic carbocycles. The van der Waals surface area contributed by atoms with Gasteiger partial charge in [0.1, 0.15) is 11.5 Å². The van der Waals surface area contributed by atoms with Gasteiger partial charge in [-0.05, 0) is 65.2 Å². The molecule has 1 heterocycles. The molecule has 47 heavy (non-hydrogen) atoms. The van der Waals surface area contributed by atoms with Crippen LogP contribution in [0.5, 0.6) is 11.5 Å². The Hall–Kier alpha value is -4.60. The Balaban J connectivity index is 1.06. The number of ether oxygens (including phenoxy) is 3. The summed E-state index contributed by atoms with van der Waals surface area (Å²) in [5, 5.41) is 15.3. The quantitative estimate of drug-likeness (QED) is 0.124. The van der Waals surface area contributed by atoms with E-state index >= 15 is 0 Å². The van der Waals surface area contributed by atoms with Crippen LogP contribution in [0.2, 0.25) is 0 Å². The fraction of sp³-hybridized carbons (Fsp3) is 0.205. The summed E-state index contributed by atoms with van der Waals surface area (Å²) >= 11 is 1.78. The molecule has 7 nitrogen and oxygen atoms in total. The van der Waals surface area contributed by atoms with E-state index in [0.29, 0.717) is 18.0 Å². The van der Waals surface area contributed by atoms with Gasteiger partial charge in [0.25, 0.3) is 0 Å². The van der Waals surface area contributed by atoms with Crippen molar-refractivity contribution >= 4 is 23.5 Å². The molecule has 1 saturated heterocycles. The van der Waals surface area contributed by atoms with Gasteiger partial charge in [0.2, 0.25) is 0 Å². The van der Waals surface area contributed by atoms with Crippen LogP contribution >= 0.6 is 11.8 Å². The number of hydrogen-bond donors (Lipinski definition) is 3. The van der Waals surface area contributed by atoms with Crippen LogP contribution < -0.4 is 15.4 Å². The van der Waals surface area contributed by atoms with Gasteiger partial charge in [-0.3, -0.25) is 0 Å². The van der Waals surface area contributed by atoms with Crippen molar-refractivity contribution in [3.05, 3.63) is 156 Å². The number of thioether (sulfide) groups is 1. The average Bonchev–Trinajstić information content (AvgIpc) is 3.12. The maximum atomic E-state index is 12.6. The number of hydrogen-bond acceptors (Lipinski definition) is 6. The van der Waals surface area contributed by atoms with E-state index in [1.807, 2.05) is 109 Å². The smallest absolute Gasteiger partial charge is 0.319 e. The molecule has 4 unspecified atom stereocenters. The lowest BCUT2D eigenvalue weighted by atomic mass is 9.91. The average molecular weight is 647 g/mol. The third-order valence-corrected chi connectivity index (χ3v) is 9.18. The summed E-state index contributed by atoms with van der Waals surface area (Å²) in [4.78, 5) is 13.8. The molecule has 4 atom stereocenters. The Bertz CT molecular complexity index is 1700. The minimum atomic E-state index is -0.547. The predicted molar refractivity (Wildman–Crippen MR) is 185 cm³/mol. The third kappa shape index (κ3) is 8.81. The summed E-state index contributed by atoms with van der Waals surface area (Å²) in [6, 6.07) is 42.7. The van der Waals surface area contributed by atoms with Crippen molar-refractivity contribution < 1.29 is 24.1 Å². The van der Waals surface area contributed by atoms with E-state index in [0.717, 1.165) is 33.8 Å². The Labute approximate surface area is 279 Å². The van der Waals surface area contributed by atoms with Crippen LogP contribution in [0.15, 0.2) is 138 Å². The molecule has 6 rings (SSSR count). The molecule has 8 heteroatoms. The first-order chi connectivity index (χ1) is 23.0. The Morgan fingerprint density at radius 1 is 0.745 bits per heavy atom. The summed E-state index contributed by atoms with van der Waals surface area (Å²) < 4.78 is 19.0. The van der Waals surface area contributed by atoms with Crippen LogP contribution in [0.1, 0.15) is 41.6 Å². The van der Waals surface area contributed by atoms with E-state index in [1.165, 1.54) is 4.90 Å². The molecule has 1 aliphatic heterocycles. The number of para-hydroxylation sites is 1. The van der Waals surface area contributed by atoms with Crippen LogP contribution in [-0.4, -0.2) is 23.0 Å². The van der Waals surface area contributed by atoms with Crippen LogP contribution in [-0.2, 0) is 22.6 Å². The van der Waals surface area contributed by atoms with Gasteiger partial charge >= 0.3 is 6.03 Å². The maximum absolute atomic E-state index is 12.6. The molecule has 0 spiro atoms. The molecule has 1 aliphatic rings. The van der Waals surface area contributed by atoms with Gasteiger partial charge in [0.15, 0.2) is 6.29 Å². The number of benzene rings is 5. The van der Waals surface area contributed by atoms with Crippen LogP contribution in [0, 0.1) is 5.92 Å². The van der Waals surface area contributed by atoms with E-state index in [-0.39, 0.29) is 30.8 Å². The summed E-state index contributed by atoms with van der Waals surface area (Å²) in [6.07, 6.45) is -0.772. The van der Waals surface area contributed by atoms with Gasteiger partial charge in [-0.1, -0.05) is 91.9 Å². The molecule has 0 bridgehead atoms. The van der Waals surface area contributed by atoms with Crippen LogP contribution in [0.3, 0.4) is 0 Å². The molecule has 0 aliphatic carbocycles. The number of aliphatic hydroxyl groups excluding tert-OH is 1. The minimum absolute atomic E-state index is 0.00398. The van der Waals surface area contributed by atoms with Crippen molar-refractivity contribution in [1.82, 2.24) is 5.32 Å². The fourth-order valence-electron chi connectivity index (χ4n) is 5.39. The highest BCUT2D eigenvalue weighted by molar-refractivity contribution is 7.99. The lowest BCUT2D eigenvalue weighted by Gasteiger charge is -2.41. The summed E-state index contributed by atoms with van der Waals surface area (Å²) in [5.74, 6) is 2.34. The largest absolute Gasteiger partial charge is 0.457 e. The SMILES string of the molecule is CC1C(CSc2ccccc2)OC(c2ccc(CNC(=O)Nc3ccc(Oc4ccccc4)cc3)cc2)OC1c1ccc(CO)cc1. The first-order valence-corrected chi connectivity index (χ1v) is 16.7. The second kappa shape index (κ2) is 15.8. The number of carbonyl (C=O) groups is 1. The normalized spacial score (nSPS) is 19.1. The highest BCUT2D eigenvalue weighted by Gasteiger charge is 2.38. The van der Waals surface area contributed by atoms with Crippen molar-refractivity contribution in [3.63, 3.8) is 0 Å². The van der Waals surface area contributed by atoms with Gasteiger partial charge in [-0.2, -0.15) is 0 Å². The Morgan fingerprint density at radius 3 is 2.04 bits per heavy atom. The molecule has 0 aromatic heterocycles. The number of urea groups is 1. The number of rotatable bonds is 11. The maximum Gasteiger partial charge on any atom is 0.319 e. The topological polar surface area (TPSA) is 89.1 Å². The zero-order valence-electron chi connectivity index (χ0n) is 26.1. The molecular formula is C39H38N2O5S. The first kappa shape index (κ1) is 32.3. The van der Waals surface area contributed by atoms with Crippen molar-refractivity contribution in [1.29, 1.82) is 0 Å². The second-order valence-corrected chi connectivity index (χ2v) is 12.5. The minimum Gasteiger partial charge on any atom is -0.457 e. The number of aliphatic hydroxyl groups is 1. The van der Waals surface area contributed by atoms with Crippen LogP contribution in [0.25, 0.3) is 0 Å². The first-order valence-electron chi connectivity index (χ1n) is 15.7. The van der Waals surface area contributed by atoms with E-state index in [2.05, 4.69) is 29.7 Å². The van der Waals surface area contributed by atoms with Gasteiger partial charge < -0.3 is 30.0 Å². The molecule has 0 saturated carbocycles. The summed E-state index contributed by atoms with van der Waals surface area (Å²) in [5.41, 5.74) is 4.45. The standard InChI is InChI=1S/C39H38N2O5S/c1-27-36(26-47-35-10-6-3-7-11-35)45-38(46-37(27)30-16-14-29(25-42)15-17-30)31-18-12-28(13-19-31)24-40-39(43)41-32-20-22-34(23-21-32)44-33-8-4-2-5-9-33/h2-23,27,36-38,42H,24-26H2,1H3,(H2,40,41,43). The van der Waals surface area contributed by atoms with E-state index in [4.69, 9.17) is 14.2 Å². The zero-order chi connectivity index (χ0) is 32.4. The molecule has 0 radical (unpaired) electrons. The number of carbonyl (C=O) groups excluding carboxylic acids is 1. The predicted octanol–water partition coefficient (Wildman–Crippen LogP) is 8.88. The number of nitrogens with one attached hydrogen (secondary N) is 2. The molecular weight excluding hydrogens is 609 g/mol. The molecule has 240 valence electrons. The lowest BCUT2D eigenvalue weighted by molar-refractivity contribution is -0.268. The van der Waals surface area contributed by atoms with Crippen molar-refractivity contribution in [2.24, 2.45) is 5.92 Å². The monoisotopic (exact) mass is 646 g/mol. The van der Waals surface area contributed by atoms with Crippen molar-refractivity contribution in [2.45, 2.75) is 43.5 Å². The highest BCUT2D eigenvalue weighted by atomic mass is 32.2.